The van der Waals surface area contributed by atoms with Crippen LogP contribution in [0.1, 0.15) is 41.7 Å². The molecule has 1 N–H and O–H groups in total. The van der Waals surface area contributed by atoms with Gasteiger partial charge in [-0.05, 0) is 23.1 Å². The zero-order valence-electron chi connectivity index (χ0n) is 13.3. The first-order valence-corrected chi connectivity index (χ1v) is 8.07. The summed E-state index contributed by atoms with van der Waals surface area (Å²) in [4.78, 5) is 12.0. The fourth-order valence-electron chi connectivity index (χ4n) is 2.83. The molecule has 3 rings (SSSR count). The van der Waals surface area contributed by atoms with Crippen LogP contribution in [0.5, 0.6) is 0 Å². The lowest BCUT2D eigenvalue weighted by Crippen LogP contribution is -2.27. The molecule has 0 spiro atoms. The minimum Gasteiger partial charge on any atom is -0.441 e. The van der Waals surface area contributed by atoms with Crippen LogP contribution < -0.4 is 5.32 Å². The second-order valence-corrected chi connectivity index (χ2v) is 5.69. The third-order valence-corrected chi connectivity index (χ3v) is 4.01. The van der Waals surface area contributed by atoms with Crippen LogP contribution >= 0.6 is 0 Å². The van der Waals surface area contributed by atoms with Gasteiger partial charge in [-0.15, -0.1) is 0 Å². The maximum atomic E-state index is 12.0. The summed E-state index contributed by atoms with van der Waals surface area (Å²) in [6.45, 7) is 2.65. The van der Waals surface area contributed by atoms with Crippen LogP contribution in [0.15, 0.2) is 48.5 Å². The molecular formula is C20H21NO2. The minimum atomic E-state index is -0.353. The molecular weight excluding hydrogens is 286 g/mol. The molecule has 118 valence electrons. The number of benzene rings is 2. The van der Waals surface area contributed by atoms with Crippen molar-refractivity contribution in [2.45, 2.75) is 25.9 Å². The molecule has 2 aromatic carbocycles. The smallest absolute Gasteiger partial charge is 0.407 e. The van der Waals surface area contributed by atoms with Gasteiger partial charge in [0, 0.05) is 18.5 Å². The fourth-order valence-corrected chi connectivity index (χ4v) is 2.83. The molecule has 0 aromatic heterocycles. The summed E-state index contributed by atoms with van der Waals surface area (Å²) in [5.74, 6) is 0. The summed E-state index contributed by atoms with van der Waals surface area (Å²) in [7, 11) is 0. The standard InChI is InChI=1S/C20H21NO2/c1-2-13-21-20(22)23-19-14-17-9-4-3-7-15(17)11-12-16-8-5-6-10-18(16)19/h3-12,19H,2,13-14H2,1H3,(H,21,22). The van der Waals surface area contributed by atoms with Gasteiger partial charge in [0.2, 0.25) is 0 Å². The van der Waals surface area contributed by atoms with Gasteiger partial charge in [-0.3, -0.25) is 0 Å². The van der Waals surface area contributed by atoms with Crippen molar-refractivity contribution in [3.05, 3.63) is 70.8 Å². The number of amides is 1. The van der Waals surface area contributed by atoms with Gasteiger partial charge in [0.1, 0.15) is 6.10 Å². The predicted octanol–water partition coefficient (Wildman–Crippen LogP) is 4.59. The third-order valence-electron chi connectivity index (χ3n) is 4.01. The summed E-state index contributed by atoms with van der Waals surface area (Å²) < 4.78 is 5.73. The summed E-state index contributed by atoms with van der Waals surface area (Å²) in [5.41, 5.74) is 4.50. The quantitative estimate of drug-likeness (QED) is 0.900. The number of hydrogen-bond acceptors (Lipinski definition) is 2. The van der Waals surface area contributed by atoms with Crippen LogP contribution in [0.4, 0.5) is 4.79 Å². The van der Waals surface area contributed by atoms with E-state index in [4.69, 9.17) is 4.74 Å². The highest BCUT2D eigenvalue weighted by Gasteiger charge is 2.21. The number of alkyl carbamates (subject to hydrolysis) is 1. The van der Waals surface area contributed by atoms with Crippen molar-refractivity contribution in [1.29, 1.82) is 0 Å². The highest BCUT2D eigenvalue weighted by atomic mass is 16.6. The van der Waals surface area contributed by atoms with Gasteiger partial charge >= 0.3 is 6.09 Å². The van der Waals surface area contributed by atoms with E-state index in [1.165, 1.54) is 11.1 Å². The Hall–Kier alpha value is -2.55. The Morgan fingerprint density at radius 2 is 1.78 bits per heavy atom. The van der Waals surface area contributed by atoms with Gasteiger partial charge < -0.3 is 10.1 Å². The number of carbonyl (C=O) groups is 1. The molecule has 23 heavy (non-hydrogen) atoms. The van der Waals surface area contributed by atoms with E-state index in [0.29, 0.717) is 13.0 Å². The minimum absolute atomic E-state index is 0.283. The Labute approximate surface area is 137 Å². The monoisotopic (exact) mass is 307 g/mol. The fraction of sp³-hybridized carbons (Fsp3) is 0.250. The van der Waals surface area contributed by atoms with E-state index in [2.05, 4.69) is 35.7 Å². The maximum Gasteiger partial charge on any atom is 0.407 e. The number of nitrogens with one attached hydrogen (secondary N) is 1. The van der Waals surface area contributed by atoms with Gasteiger partial charge in [-0.25, -0.2) is 4.79 Å². The molecule has 3 nitrogen and oxygen atoms in total. The van der Waals surface area contributed by atoms with Crippen molar-refractivity contribution < 1.29 is 9.53 Å². The normalized spacial score (nSPS) is 15.8. The summed E-state index contributed by atoms with van der Waals surface area (Å²) in [6.07, 6.45) is 5.15. The van der Waals surface area contributed by atoms with Crippen LogP contribution in [0, 0.1) is 0 Å². The number of fused-ring (bicyclic) bond motifs is 2. The van der Waals surface area contributed by atoms with E-state index in [9.17, 15) is 4.79 Å². The SMILES string of the molecule is CCCNC(=O)OC1Cc2ccccc2C=Cc2ccccc21. The van der Waals surface area contributed by atoms with Gasteiger partial charge in [0.05, 0.1) is 0 Å². The lowest BCUT2D eigenvalue weighted by molar-refractivity contribution is 0.0973. The zero-order valence-corrected chi connectivity index (χ0v) is 13.3. The van der Waals surface area contributed by atoms with Crippen LogP contribution in [0.2, 0.25) is 0 Å². The highest BCUT2D eigenvalue weighted by Crippen LogP contribution is 2.31. The first-order valence-electron chi connectivity index (χ1n) is 8.07. The first-order chi connectivity index (χ1) is 11.3. The molecule has 3 heteroatoms. The maximum absolute atomic E-state index is 12.0. The Morgan fingerprint density at radius 3 is 2.61 bits per heavy atom. The van der Waals surface area contributed by atoms with Crippen LogP contribution in [-0.4, -0.2) is 12.6 Å². The summed E-state index contributed by atoms with van der Waals surface area (Å²) in [6, 6.07) is 16.3. The Balaban J connectivity index is 1.94. The average Bonchev–Trinajstić information content (AvgIpc) is 2.57. The lowest BCUT2D eigenvalue weighted by Gasteiger charge is -2.23. The molecule has 2 aromatic rings. The van der Waals surface area contributed by atoms with Gasteiger partial charge in [-0.2, -0.15) is 0 Å². The molecule has 1 amide bonds. The number of ether oxygens (including phenoxy) is 1. The van der Waals surface area contributed by atoms with Crippen molar-refractivity contribution in [3.63, 3.8) is 0 Å². The average molecular weight is 307 g/mol. The lowest BCUT2D eigenvalue weighted by atomic mass is 9.91. The van der Waals surface area contributed by atoms with Gasteiger partial charge in [0.15, 0.2) is 0 Å². The van der Waals surface area contributed by atoms with Crippen LogP contribution in [0.3, 0.4) is 0 Å². The number of carbonyl (C=O) groups excluding carboxylic acids is 1. The zero-order chi connectivity index (χ0) is 16.1. The van der Waals surface area contributed by atoms with Gasteiger partial charge in [0.25, 0.3) is 0 Å². The van der Waals surface area contributed by atoms with E-state index in [-0.39, 0.29) is 12.2 Å². The van der Waals surface area contributed by atoms with Crippen molar-refractivity contribution >= 4 is 18.2 Å². The molecule has 0 heterocycles. The molecule has 1 atom stereocenters. The second kappa shape index (κ2) is 7.14. The molecule has 0 aliphatic heterocycles. The molecule has 0 bridgehead atoms. The highest BCUT2D eigenvalue weighted by molar-refractivity contribution is 5.74. The van der Waals surface area contributed by atoms with E-state index in [1.807, 2.05) is 37.3 Å². The molecule has 0 saturated carbocycles. The third kappa shape index (κ3) is 3.62. The Kier molecular flexibility index (Phi) is 4.77. The molecule has 1 unspecified atom stereocenters. The number of rotatable bonds is 3. The van der Waals surface area contributed by atoms with Crippen molar-refractivity contribution in [3.8, 4) is 0 Å². The first kappa shape index (κ1) is 15.3. The summed E-state index contributed by atoms with van der Waals surface area (Å²) in [5, 5.41) is 2.79. The van der Waals surface area contributed by atoms with E-state index < -0.39 is 0 Å². The molecule has 0 radical (unpaired) electrons. The van der Waals surface area contributed by atoms with Crippen LogP contribution in [-0.2, 0) is 11.2 Å². The molecule has 1 aliphatic carbocycles. The van der Waals surface area contributed by atoms with E-state index in [1.54, 1.807) is 0 Å². The van der Waals surface area contributed by atoms with Crippen molar-refractivity contribution in [1.82, 2.24) is 5.32 Å². The van der Waals surface area contributed by atoms with Gasteiger partial charge in [-0.1, -0.05) is 67.6 Å². The number of hydrogen-bond donors (Lipinski definition) is 1. The van der Waals surface area contributed by atoms with E-state index in [0.717, 1.165) is 17.5 Å². The predicted molar refractivity (Wildman–Crippen MR) is 93.0 cm³/mol. The second-order valence-electron chi connectivity index (χ2n) is 5.69. The Bertz CT molecular complexity index is 721. The van der Waals surface area contributed by atoms with E-state index >= 15 is 0 Å². The molecule has 1 aliphatic rings. The van der Waals surface area contributed by atoms with Crippen molar-refractivity contribution in [2.24, 2.45) is 0 Å². The molecule has 0 fully saturated rings. The molecule has 0 saturated heterocycles. The largest absolute Gasteiger partial charge is 0.441 e. The van der Waals surface area contributed by atoms with Crippen molar-refractivity contribution in [2.75, 3.05) is 6.54 Å². The van der Waals surface area contributed by atoms with Crippen LogP contribution in [0.25, 0.3) is 12.2 Å². The topological polar surface area (TPSA) is 38.3 Å². The summed E-state index contributed by atoms with van der Waals surface area (Å²) >= 11 is 0. The Morgan fingerprint density at radius 1 is 1.09 bits per heavy atom.